The molecule has 1 fully saturated rings. The van der Waals surface area contributed by atoms with Crippen molar-refractivity contribution in [2.24, 2.45) is 0 Å². The van der Waals surface area contributed by atoms with Crippen molar-refractivity contribution in [2.75, 3.05) is 20.1 Å². The maximum absolute atomic E-state index is 10.9. The summed E-state index contributed by atoms with van der Waals surface area (Å²) in [7, 11) is 2.06. The lowest BCUT2D eigenvalue weighted by atomic mass is 10.1. The van der Waals surface area contributed by atoms with Gasteiger partial charge in [-0.25, -0.2) is 0 Å². The molecule has 2 heterocycles. The summed E-state index contributed by atoms with van der Waals surface area (Å²) in [6, 6.07) is 1.93. The smallest absolute Gasteiger partial charge is 0.251 e. The van der Waals surface area contributed by atoms with E-state index in [0.29, 0.717) is 10.8 Å². The van der Waals surface area contributed by atoms with Crippen molar-refractivity contribution < 1.29 is 0 Å². The minimum Gasteiger partial charge on any atom is -0.320 e. The Kier molecular flexibility index (Phi) is 2.05. The third-order valence-electron chi connectivity index (χ3n) is 2.29. The summed E-state index contributed by atoms with van der Waals surface area (Å²) in [5, 5.41) is 0. The van der Waals surface area contributed by atoms with Gasteiger partial charge in [0.05, 0.1) is 6.04 Å². The number of likely N-dealkylation sites (N-methyl/N-ethyl adjacent to an activating group) is 1. The van der Waals surface area contributed by atoms with E-state index in [-0.39, 0.29) is 5.56 Å². The first-order chi connectivity index (χ1) is 6.16. The van der Waals surface area contributed by atoms with Crippen molar-refractivity contribution >= 4 is 12.2 Å². The summed E-state index contributed by atoms with van der Waals surface area (Å²) in [4.78, 5) is 15.7. The number of aromatic amines is 1. The lowest BCUT2D eigenvalue weighted by molar-refractivity contribution is 0.138. The average molecular weight is 197 g/mol. The monoisotopic (exact) mass is 197 g/mol. The van der Waals surface area contributed by atoms with Crippen molar-refractivity contribution in [3.8, 4) is 0 Å². The number of aromatic nitrogens is 2. The largest absolute Gasteiger partial charge is 0.320 e. The zero-order chi connectivity index (χ0) is 9.42. The fraction of sp³-hybridized carbons (Fsp3) is 0.500. The first-order valence-electron chi connectivity index (χ1n) is 4.17. The van der Waals surface area contributed by atoms with E-state index in [1.165, 1.54) is 6.07 Å². The van der Waals surface area contributed by atoms with Crippen molar-refractivity contribution in [3.63, 3.8) is 0 Å². The average Bonchev–Trinajstić information content (AvgIpc) is 2.00. The lowest BCUT2D eigenvalue weighted by Gasteiger charge is -2.37. The molecule has 0 radical (unpaired) electrons. The second kappa shape index (κ2) is 3.08. The quantitative estimate of drug-likeness (QED) is 0.662. The van der Waals surface area contributed by atoms with Gasteiger partial charge in [0.2, 0.25) is 0 Å². The molecule has 70 valence electrons. The summed E-state index contributed by atoms with van der Waals surface area (Å²) in [5.41, 5.74) is -0.131. The van der Waals surface area contributed by atoms with Gasteiger partial charge in [0, 0.05) is 25.4 Å². The molecule has 0 amide bonds. The molecule has 0 saturated carbocycles. The van der Waals surface area contributed by atoms with Crippen LogP contribution < -0.4 is 5.56 Å². The molecular weight excluding hydrogens is 186 g/mol. The van der Waals surface area contributed by atoms with Gasteiger partial charge in [-0.05, 0) is 19.3 Å². The van der Waals surface area contributed by atoms with Gasteiger partial charge in [-0.2, -0.15) is 0 Å². The molecule has 1 aliphatic heterocycles. The van der Waals surface area contributed by atoms with E-state index in [0.717, 1.165) is 13.1 Å². The summed E-state index contributed by atoms with van der Waals surface area (Å²) in [5.74, 6) is 0. The SMILES string of the molecule is CN1CC(n2ccc(=O)[nH]c2=S)C1. The normalized spacial score (nSPS) is 18.5. The summed E-state index contributed by atoms with van der Waals surface area (Å²) < 4.78 is 2.46. The Morgan fingerprint density at radius 1 is 1.62 bits per heavy atom. The second-order valence-electron chi connectivity index (χ2n) is 3.39. The third kappa shape index (κ3) is 1.57. The molecule has 5 heteroatoms. The Morgan fingerprint density at radius 3 is 2.85 bits per heavy atom. The van der Waals surface area contributed by atoms with Crippen LogP contribution in [0.4, 0.5) is 0 Å². The van der Waals surface area contributed by atoms with Crippen LogP contribution in [0.2, 0.25) is 0 Å². The molecule has 0 unspecified atom stereocenters. The number of H-pyrrole nitrogens is 1. The van der Waals surface area contributed by atoms with Crippen LogP contribution in [0.25, 0.3) is 0 Å². The molecule has 1 aromatic rings. The standard InChI is InChI=1S/C8H11N3OS/c1-10-4-6(5-10)11-3-2-7(12)9-8(11)13/h2-3,6H,4-5H2,1H3,(H,9,12,13). The number of nitrogens with zero attached hydrogens (tertiary/aromatic N) is 2. The van der Waals surface area contributed by atoms with Gasteiger partial charge in [-0.1, -0.05) is 0 Å². The molecular formula is C8H11N3OS. The lowest BCUT2D eigenvalue weighted by Crippen LogP contribution is -2.45. The number of likely N-dealkylation sites (tertiary alicyclic amines) is 1. The maximum atomic E-state index is 10.9. The van der Waals surface area contributed by atoms with Gasteiger partial charge >= 0.3 is 0 Å². The Morgan fingerprint density at radius 2 is 2.31 bits per heavy atom. The van der Waals surface area contributed by atoms with Crippen LogP contribution in [-0.2, 0) is 0 Å². The minimum atomic E-state index is -0.131. The Bertz CT molecular complexity index is 416. The molecule has 0 bridgehead atoms. The van der Waals surface area contributed by atoms with E-state index in [1.807, 2.05) is 4.57 Å². The highest BCUT2D eigenvalue weighted by molar-refractivity contribution is 7.71. The highest BCUT2D eigenvalue weighted by atomic mass is 32.1. The van der Waals surface area contributed by atoms with Crippen LogP contribution in [0.5, 0.6) is 0 Å². The number of rotatable bonds is 1. The van der Waals surface area contributed by atoms with Crippen LogP contribution >= 0.6 is 12.2 Å². The Balaban J connectivity index is 2.32. The first kappa shape index (κ1) is 8.65. The zero-order valence-corrected chi connectivity index (χ0v) is 8.17. The molecule has 1 N–H and O–H groups in total. The van der Waals surface area contributed by atoms with E-state index < -0.39 is 0 Å². The molecule has 0 atom stereocenters. The van der Waals surface area contributed by atoms with E-state index in [2.05, 4.69) is 16.9 Å². The van der Waals surface area contributed by atoms with Gasteiger partial charge in [-0.15, -0.1) is 0 Å². The highest BCUT2D eigenvalue weighted by Gasteiger charge is 2.24. The van der Waals surface area contributed by atoms with Crippen molar-refractivity contribution in [2.45, 2.75) is 6.04 Å². The number of hydrogen-bond donors (Lipinski definition) is 1. The van der Waals surface area contributed by atoms with E-state index in [1.54, 1.807) is 6.20 Å². The van der Waals surface area contributed by atoms with Crippen LogP contribution in [0.3, 0.4) is 0 Å². The predicted molar refractivity (Wildman–Crippen MR) is 52.4 cm³/mol. The van der Waals surface area contributed by atoms with Crippen LogP contribution in [-0.4, -0.2) is 34.6 Å². The van der Waals surface area contributed by atoms with E-state index in [4.69, 9.17) is 12.2 Å². The summed E-state index contributed by atoms with van der Waals surface area (Å²) >= 11 is 5.04. The van der Waals surface area contributed by atoms with Crippen molar-refractivity contribution in [1.82, 2.24) is 14.5 Å². The maximum Gasteiger partial charge on any atom is 0.251 e. The number of nitrogens with one attached hydrogen (secondary N) is 1. The van der Waals surface area contributed by atoms with Gasteiger partial charge in [0.1, 0.15) is 0 Å². The van der Waals surface area contributed by atoms with Crippen LogP contribution in [0.1, 0.15) is 6.04 Å². The van der Waals surface area contributed by atoms with Gasteiger partial charge < -0.3 is 9.47 Å². The third-order valence-corrected chi connectivity index (χ3v) is 2.60. The van der Waals surface area contributed by atoms with E-state index in [9.17, 15) is 4.79 Å². The number of hydrogen-bond acceptors (Lipinski definition) is 3. The van der Waals surface area contributed by atoms with Gasteiger partial charge in [0.15, 0.2) is 4.77 Å². The van der Waals surface area contributed by atoms with Crippen LogP contribution in [0, 0.1) is 4.77 Å². The minimum absolute atomic E-state index is 0.131. The zero-order valence-electron chi connectivity index (χ0n) is 7.36. The first-order valence-corrected chi connectivity index (χ1v) is 4.57. The Hall–Kier alpha value is -0.940. The summed E-state index contributed by atoms with van der Waals surface area (Å²) in [6.45, 7) is 2.00. The van der Waals surface area contributed by atoms with Gasteiger partial charge in [-0.3, -0.25) is 9.78 Å². The highest BCUT2D eigenvalue weighted by Crippen LogP contribution is 2.17. The fourth-order valence-corrected chi connectivity index (χ4v) is 1.87. The van der Waals surface area contributed by atoms with Crippen LogP contribution in [0.15, 0.2) is 17.1 Å². The molecule has 1 aliphatic rings. The Labute approximate surface area is 80.8 Å². The molecule has 13 heavy (non-hydrogen) atoms. The predicted octanol–water partition coefficient (Wildman–Crippen LogP) is 0.392. The molecule has 4 nitrogen and oxygen atoms in total. The molecule has 1 saturated heterocycles. The second-order valence-corrected chi connectivity index (χ2v) is 3.78. The topological polar surface area (TPSA) is 41.0 Å². The molecule has 2 rings (SSSR count). The fourth-order valence-electron chi connectivity index (χ4n) is 1.56. The molecule has 0 aliphatic carbocycles. The van der Waals surface area contributed by atoms with Crippen molar-refractivity contribution in [1.29, 1.82) is 0 Å². The molecule has 1 aromatic heterocycles. The van der Waals surface area contributed by atoms with Gasteiger partial charge in [0.25, 0.3) is 5.56 Å². The van der Waals surface area contributed by atoms with E-state index >= 15 is 0 Å². The molecule has 0 aromatic carbocycles. The summed E-state index contributed by atoms with van der Waals surface area (Å²) in [6.07, 6.45) is 1.76. The van der Waals surface area contributed by atoms with Crippen molar-refractivity contribution in [3.05, 3.63) is 27.4 Å². The molecule has 0 spiro atoms.